The van der Waals surface area contributed by atoms with Crippen molar-refractivity contribution < 1.29 is 81.6 Å². The Morgan fingerprint density at radius 1 is 0.805 bits per heavy atom. The summed E-state index contributed by atoms with van der Waals surface area (Å²) in [6, 6.07) is 0. The molecule has 0 rings (SSSR count). The van der Waals surface area contributed by atoms with Gasteiger partial charge in [0.1, 0.15) is 13.2 Å². The molecule has 2 atom stereocenters. The molecule has 20 heteroatoms. The number of amides is 2. The first-order valence-electron chi connectivity index (χ1n) is 11.3. The molecule has 9 nitrogen and oxygen atoms in total. The van der Waals surface area contributed by atoms with Crippen LogP contribution in [0.1, 0.15) is 13.3 Å². The van der Waals surface area contributed by atoms with Gasteiger partial charge in [-0.1, -0.05) is 5.92 Å². The van der Waals surface area contributed by atoms with Crippen LogP contribution in [0.5, 0.6) is 0 Å². The second-order valence-corrected chi connectivity index (χ2v) is 7.88. The van der Waals surface area contributed by atoms with Gasteiger partial charge in [-0.3, -0.25) is 14.3 Å². The lowest BCUT2D eigenvalue weighted by Gasteiger charge is -2.36. The Morgan fingerprint density at radius 3 is 1.85 bits per heavy atom. The average Bonchev–Trinajstić information content (AvgIpc) is 2.82. The number of hydrogen-bond donors (Lipinski definition) is 2. The SMILES string of the molecule is C#CCOCCOCCC(=O)NCCOCCNC(=O)C(OC(F)(F)C(F)(OCC(C)(F)F)C(F)(F)F)C(F)(F)F. The van der Waals surface area contributed by atoms with Crippen LogP contribution in [0.3, 0.4) is 0 Å². The summed E-state index contributed by atoms with van der Waals surface area (Å²) in [6.07, 6.45) is -19.1. The van der Waals surface area contributed by atoms with Gasteiger partial charge in [0.25, 0.3) is 11.8 Å². The Labute approximate surface area is 226 Å². The number of ether oxygens (including phenoxy) is 5. The first-order valence-corrected chi connectivity index (χ1v) is 11.3. The van der Waals surface area contributed by atoms with Crippen molar-refractivity contribution >= 4 is 11.8 Å². The second kappa shape index (κ2) is 16.8. The molecule has 0 aliphatic rings. The van der Waals surface area contributed by atoms with Crippen LogP contribution in [0.15, 0.2) is 0 Å². The number of carbonyl (C=O) groups excluding carboxylic acids is 2. The zero-order valence-corrected chi connectivity index (χ0v) is 21.2. The van der Waals surface area contributed by atoms with E-state index in [1.165, 1.54) is 5.32 Å². The maximum absolute atomic E-state index is 14.1. The van der Waals surface area contributed by atoms with Crippen LogP contribution in [0.25, 0.3) is 0 Å². The number of alkyl halides is 11. The minimum atomic E-state index is -6.87. The summed E-state index contributed by atoms with van der Waals surface area (Å²) < 4.78 is 166. The van der Waals surface area contributed by atoms with E-state index in [2.05, 4.69) is 20.7 Å². The number of halogens is 11. The monoisotopic (exact) mass is 628 g/mol. The van der Waals surface area contributed by atoms with Crippen LogP contribution in [0.2, 0.25) is 0 Å². The van der Waals surface area contributed by atoms with Gasteiger partial charge >= 0.3 is 24.3 Å². The van der Waals surface area contributed by atoms with Crippen LogP contribution in [0.4, 0.5) is 48.3 Å². The van der Waals surface area contributed by atoms with Gasteiger partial charge < -0.3 is 29.6 Å². The van der Waals surface area contributed by atoms with Crippen molar-refractivity contribution in [3.05, 3.63) is 0 Å². The van der Waals surface area contributed by atoms with E-state index in [0.717, 1.165) is 0 Å². The molecule has 2 unspecified atom stereocenters. The molecule has 0 spiro atoms. The fourth-order valence-corrected chi connectivity index (χ4v) is 2.36. The van der Waals surface area contributed by atoms with Crippen molar-refractivity contribution in [2.75, 3.05) is 59.3 Å². The van der Waals surface area contributed by atoms with Crippen molar-refractivity contribution in [2.45, 2.75) is 49.7 Å². The lowest BCUT2D eigenvalue weighted by Crippen LogP contribution is -2.62. The Bertz CT molecular complexity index is 846. The van der Waals surface area contributed by atoms with Crippen LogP contribution >= 0.6 is 0 Å². The molecule has 0 heterocycles. The van der Waals surface area contributed by atoms with Gasteiger partial charge in [0.05, 0.1) is 33.0 Å². The van der Waals surface area contributed by atoms with Crippen LogP contribution in [-0.4, -0.2) is 107 Å². The molecule has 0 aliphatic carbocycles. The molecule has 0 aromatic heterocycles. The van der Waals surface area contributed by atoms with Crippen LogP contribution < -0.4 is 10.6 Å². The summed E-state index contributed by atoms with van der Waals surface area (Å²) >= 11 is 0. The maximum atomic E-state index is 14.1. The smallest absolute Gasteiger partial charge is 0.379 e. The molecular weight excluding hydrogens is 601 g/mol. The summed E-state index contributed by atoms with van der Waals surface area (Å²) in [4.78, 5) is 23.3. The van der Waals surface area contributed by atoms with Crippen molar-refractivity contribution in [1.82, 2.24) is 10.6 Å². The zero-order valence-electron chi connectivity index (χ0n) is 21.2. The minimum Gasteiger partial charge on any atom is -0.379 e. The van der Waals surface area contributed by atoms with E-state index in [1.54, 1.807) is 0 Å². The third kappa shape index (κ3) is 14.8. The molecule has 0 radical (unpaired) electrons. The maximum Gasteiger partial charge on any atom is 0.457 e. The average molecular weight is 628 g/mol. The molecule has 0 saturated heterocycles. The molecule has 0 bridgehead atoms. The molecule has 240 valence electrons. The Kier molecular flexibility index (Phi) is 15.8. The molecule has 0 aliphatic heterocycles. The molecule has 0 saturated carbocycles. The van der Waals surface area contributed by atoms with E-state index in [1.807, 2.05) is 0 Å². The third-order valence-electron chi connectivity index (χ3n) is 4.21. The van der Waals surface area contributed by atoms with Crippen molar-refractivity contribution in [2.24, 2.45) is 0 Å². The van der Waals surface area contributed by atoms with Crippen LogP contribution in [0, 0.1) is 12.3 Å². The highest BCUT2D eigenvalue weighted by Gasteiger charge is 2.76. The lowest BCUT2D eigenvalue weighted by molar-refractivity contribution is -0.474. The Morgan fingerprint density at radius 2 is 1.34 bits per heavy atom. The predicted molar refractivity (Wildman–Crippen MR) is 114 cm³/mol. The number of nitrogens with one attached hydrogen (secondary N) is 2. The van der Waals surface area contributed by atoms with Crippen molar-refractivity contribution in [3.63, 3.8) is 0 Å². The summed E-state index contributed by atoms with van der Waals surface area (Å²) in [5, 5.41) is 3.75. The van der Waals surface area contributed by atoms with Crippen LogP contribution in [-0.2, 0) is 33.3 Å². The fraction of sp³-hybridized carbons (Fsp3) is 0.810. The highest BCUT2D eigenvalue weighted by Crippen LogP contribution is 2.48. The molecule has 2 N–H and O–H groups in total. The molecule has 0 fully saturated rings. The number of carbonyl (C=O) groups is 2. The standard InChI is InChI=1S/C21H27F11N2O7/c1-3-7-37-11-12-38-8-4-14(35)33-5-9-39-10-6-34-16(36)15(18(24,25)26)41-21(31,32)19(27,20(28,29)30)40-13-17(2,22)23/h1,15H,4-13H2,2H3,(H,33,35)(H,34,36). The molecule has 2 amide bonds. The van der Waals surface area contributed by atoms with Gasteiger partial charge in [0.15, 0.2) is 0 Å². The van der Waals surface area contributed by atoms with E-state index in [9.17, 15) is 57.9 Å². The second-order valence-electron chi connectivity index (χ2n) is 7.88. The van der Waals surface area contributed by atoms with E-state index >= 15 is 0 Å². The Hall–Kier alpha value is -2.47. The molecule has 0 aromatic carbocycles. The van der Waals surface area contributed by atoms with Crippen molar-refractivity contribution in [3.8, 4) is 12.3 Å². The van der Waals surface area contributed by atoms with E-state index in [-0.39, 0.29) is 52.9 Å². The van der Waals surface area contributed by atoms with Gasteiger partial charge in [-0.25, -0.2) is 8.78 Å². The number of rotatable bonds is 20. The van der Waals surface area contributed by atoms with Gasteiger partial charge in [0, 0.05) is 26.4 Å². The number of hydrogen-bond acceptors (Lipinski definition) is 7. The molecule has 0 aromatic rings. The highest BCUT2D eigenvalue weighted by molar-refractivity contribution is 5.81. The van der Waals surface area contributed by atoms with Gasteiger partial charge in [-0.15, -0.1) is 6.42 Å². The van der Waals surface area contributed by atoms with E-state index < -0.39 is 67.9 Å². The van der Waals surface area contributed by atoms with Gasteiger partial charge in [0.2, 0.25) is 12.0 Å². The third-order valence-corrected chi connectivity index (χ3v) is 4.21. The molecule has 41 heavy (non-hydrogen) atoms. The summed E-state index contributed by atoms with van der Waals surface area (Å²) in [5.41, 5.74) is 0. The van der Waals surface area contributed by atoms with E-state index in [4.69, 9.17) is 20.6 Å². The normalized spacial score (nSPS) is 15.1. The number of terminal acetylenes is 1. The predicted octanol–water partition coefficient (Wildman–Crippen LogP) is 2.73. The summed E-state index contributed by atoms with van der Waals surface area (Å²) in [5.74, 6) is -11.5. The summed E-state index contributed by atoms with van der Waals surface area (Å²) in [7, 11) is 0. The van der Waals surface area contributed by atoms with Crippen molar-refractivity contribution in [1.29, 1.82) is 0 Å². The minimum absolute atomic E-state index is 0.0450. The van der Waals surface area contributed by atoms with Gasteiger partial charge in [-0.2, -0.15) is 39.5 Å². The van der Waals surface area contributed by atoms with E-state index in [0.29, 0.717) is 0 Å². The molecular formula is C21H27F11N2O7. The largest absolute Gasteiger partial charge is 0.457 e. The van der Waals surface area contributed by atoms with Gasteiger partial charge in [-0.05, 0) is 0 Å². The topological polar surface area (TPSA) is 104 Å². The first-order chi connectivity index (χ1) is 18.7. The highest BCUT2D eigenvalue weighted by atomic mass is 19.4. The first kappa shape index (κ1) is 38.5. The zero-order chi connectivity index (χ0) is 32.0. The fourth-order valence-electron chi connectivity index (χ4n) is 2.36. The quantitative estimate of drug-likeness (QED) is 0.122. The Balaban J connectivity index is 4.75. The summed E-state index contributed by atoms with van der Waals surface area (Å²) in [6.45, 7) is -3.98. The lowest BCUT2D eigenvalue weighted by atomic mass is 10.2.